The molecular weight excluding hydrogens is 296 g/mol. The second kappa shape index (κ2) is 6.51. The number of hydrogen-bond acceptors (Lipinski definition) is 2. The molecule has 2 aromatic carbocycles. The van der Waals surface area contributed by atoms with Gasteiger partial charge in [-0.2, -0.15) is 0 Å². The maximum Gasteiger partial charge on any atom is 0.139 e. The molecule has 22 heavy (non-hydrogen) atoms. The SMILES string of the molecule is CCCC(O)c1nc2ccccc2n1Cc1cccc(Cl)c1. The third-order valence-electron chi connectivity index (χ3n) is 3.77. The molecule has 114 valence electrons. The molecule has 1 unspecified atom stereocenters. The van der Waals surface area contributed by atoms with E-state index in [4.69, 9.17) is 11.6 Å². The minimum atomic E-state index is -0.545. The second-order valence-corrected chi connectivity index (χ2v) is 5.92. The average molecular weight is 315 g/mol. The fraction of sp³-hybridized carbons (Fsp3) is 0.278. The highest BCUT2D eigenvalue weighted by molar-refractivity contribution is 6.30. The third-order valence-corrected chi connectivity index (χ3v) is 4.01. The van der Waals surface area contributed by atoms with Crippen molar-refractivity contribution in [3.63, 3.8) is 0 Å². The lowest BCUT2D eigenvalue weighted by Gasteiger charge is -2.13. The molecule has 0 aliphatic rings. The first-order valence-corrected chi connectivity index (χ1v) is 7.94. The first-order valence-electron chi connectivity index (χ1n) is 7.56. The molecule has 0 radical (unpaired) electrons. The fourth-order valence-electron chi connectivity index (χ4n) is 2.74. The lowest BCUT2D eigenvalue weighted by Crippen LogP contribution is -2.10. The third kappa shape index (κ3) is 3.01. The average Bonchev–Trinajstić information content (AvgIpc) is 2.87. The van der Waals surface area contributed by atoms with Crippen molar-refractivity contribution in [1.29, 1.82) is 0 Å². The highest BCUT2D eigenvalue weighted by atomic mass is 35.5. The van der Waals surface area contributed by atoms with Gasteiger partial charge in [0.05, 0.1) is 11.0 Å². The Hall–Kier alpha value is -1.84. The number of hydrogen-bond donors (Lipinski definition) is 1. The van der Waals surface area contributed by atoms with E-state index in [2.05, 4.69) is 16.5 Å². The summed E-state index contributed by atoms with van der Waals surface area (Å²) in [5, 5.41) is 11.1. The predicted molar refractivity (Wildman–Crippen MR) is 90.2 cm³/mol. The number of nitrogens with zero attached hydrogens (tertiary/aromatic N) is 2. The molecule has 0 fully saturated rings. The monoisotopic (exact) mass is 314 g/mol. The Balaban J connectivity index is 2.07. The number of para-hydroxylation sites is 2. The van der Waals surface area contributed by atoms with Crippen LogP contribution in [-0.2, 0) is 6.54 Å². The summed E-state index contributed by atoms with van der Waals surface area (Å²) >= 11 is 6.08. The Morgan fingerprint density at radius 3 is 2.77 bits per heavy atom. The van der Waals surface area contributed by atoms with Gasteiger partial charge in [-0.3, -0.25) is 0 Å². The van der Waals surface area contributed by atoms with Crippen molar-refractivity contribution in [2.24, 2.45) is 0 Å². The summed E-state index contributed by atoms with van der Waals surface area (Å²) in [6.45, 7) is 2.71. The zero-order valence-electron chi connectivity index (χ0n) is 12.5. The summed E-state index contributed by atoms with van der Waals surface area (Å²) in [5.74, 6) is 0.725. The molecule has 0 spiro atoms. The standard InChI is InChI=1S/C18H19ClN2O/c1-2-6-17(22)18-20-15-9-3-4-10-16(15)21(18)12-13-7-5-8-14(19)11-13/h3-5,7-11,17,22H,2,6,12H2,1H3. The van der Waals surface area contributed by atoms with Crippen molar-refractivity contribution >= 4 is 22.6 Å². The maximum atomic E-state index is 10.4. The largest absolute Gasteiger partial charge is 0.385 e. The van der Waals surface area contributed by atoms with Gasteiger partial charge in [0.15, 0.2) is 0 Å². The van der Waals surface area contributed by atoms with Crippen molar-refractivity contribution in [3.05, 3.63) is 64.9 Å². The van der Waals surface area contributed by atoms with E-state index in [9.17, 15) is 5.11 Å². The summed E-state index contributed by atoms with van der Waals surface area (Å²) < 4.78 is 2.08. The predicted octanol–water partition coefficient (Wildman–Crippen LogP) is 4.57. The van der Waals surface area contributed by atoms with E-state index < -0.39 is 6.10 Å². The molecule has 0 saturated heterocycles. The van der Waals surface area contributed by atoms with Crippen LogP contribution in [0, 0.1) is 0 Å². The van der Waals surface area contributed by atoms with Gasteiger partial charge in [0.25, 0.3) is 0 Å². The number of aromatic nitrogens is 2. The van der Waals surface area contributed by atoms with Gasteiger partial charge in [0.1, 0.15) is 11.9 Å². The zero-order valence-corrected chi connectivity index (χ0v) is 13.3. The molecule has 3 nitrogen and oxygen atoms in total. The molecule has 0 amide bonds. The topological polar surface area (TPSA) is 38.1 Å². The van der Waals surface area contributed by atoms with Gasteiger partial charge in [-0.25, -0.2) is 4.98 Å². The second-order valence-electron chi connectivity index (χ2n) is 5.48. The molecule has 4 heteroatoms. The maximum absolute atomic E-state index is 10.4. The number of imidazole rings is 1. The van der Waals surface area contributed by atoms with Crippen LogP contribution in [0.25, 0.3) is 11.0 Å². The Morgan fingerprint density at radius 1 is 1.18 bits per heavy atom. The van der Waals surface area contributed by atoms with Crippen molar-refractivity contribution in [2.45, 2.75) is 32.4 Å². The van der Waals surface area contributed by atoms with Crippen LogP contribution in [0.5, 0.6) is 0 Å². The Kier molecular flexibility index (Phi) is 4.46. The lowest BCUT2D eigenvalue weighted by atomic mass is 10.2. The highest BCUT2D eigenvalue weighted by Gasteiger charge is 2.17. The summed E-state index contributed by atoms with van der Waals surface area (Å²) in [4.78, 5) is 4.63. The molecule has 3 aromatic rings. The van der Waals surface area contributed by atoms with Gasteiger partial charge in [0, 0.05) is 11.6 Å². The molecule has 0 aliphatic carbocycles. The van der Waals surface area contributed by atoms with Crippen LogP contribution in [-0.4, -0.2) is 14.7 Å². The summed E-state index contributed by atoms with van der Waals surface area (Å²) in [5.41, 5.74) is 3.04. The van der Waals surface area contributed by atoms with E-state index in [0.29, 0.717) is 13.0 Å². The van der Waals surface area contributed by atoms with E-state index in [1.165, 1.54) is 0 Å². The minimum absolute atomic E-state index is 0.545. The van der Waals surface area contributed by atoms with E-state index >= 15 is 0 Å². The number of aliphatic hydroxyl groups excluding tert-OH is 1. The van der Waals surface area contributed by atoms with Crippen molar-refractivity contribution in [1.82, 2.24) is 9.55 Å². The lowest BCUT2D eigenvalue weighted by molar-refractivity contribution is 0.153. The van der Waals surface area contributed by atoms with E-state index in [0.717, 1.165) is 33.9 Å². The molecule has 0 bridgehead atoms. The van der Waals surface area contributed by atoms with Crippen molar-refractivity contribution < 1.29 is 5.11 Å². The van der Waals surface area contributed by atoms with Gasteiger partial charge in [-0.15, -0.1) is 0 Å². The highest BCUT2D eigenvalue weighted by Crippen LogP contribution is 2.25. The van der Waals surface area contributed by atoms with Crippen LogP contribution in [0.1, 0.15) is 37.3 Å². The van der Waals surface area contributed by atoms with Gasteiger partial charge >= 0.3 is 0 Å². The van der Waals surface area contributed by atoms with Crippen LogP contribution in [0.3, 0.4) is 0 Å². The molecule has 3 rings (SSSR count). The molecule has 0 saturated carbocycles. The van der Waals surface area contributed by atoms with Crippen LogP contribution < -0.4 is 0 Å². The van der Waals surface area contributed by atoms with E-state index in [1.54, 1.807) is 0 Å². The molecule has 1 N–H and O–H groups in total. The number of aliphatic hydroxyl groups is 1. The number of fused-ring (bicyclic) bond motifs is 1. The van der Waals surface area contributed by atoms with Gasteiger partial charge in [-0.05, 0) is 36.2 Å². The number of halogens is 1. The molecular formula is C18H19ClN2O. The minimum Gasteiger partial charge on any atom is -0.385 e. The van der Waals surface area contributed by atoms with Crippen molar-refractivity contribution in [3.8, 4) is 0 Å². The van der Waals surface area contributed by atoms with Crippen molar-refractivity contribution in [2.75, 3.05) is 0 Å². The summed E-state index contributed by atoms with van der Waals surface area (Å²) in [7, 11) is 0. The summed E-state index contributed by atoms with van der Waals surface area (Å²) in [6, 6.07) is 15.8. The summed E-state index contributed by atoms with van der Waals surface area (Å²) in [6.07, 6.45) is 1.08. The van der Waals surface area contributed by atoms with Gasteiger partial charge < -0.3 is 9.67 Å². The first kappa shape index (κ1) is 15.1. The van der Waals surface area contributed by atoms with E-state index in [-0.39, 0.29) is 0 Å². The van der Waals surface area contributed by atoms with Crippen LogP contribution >= 0.6 is 11.6 Å². The smallest absolute Gasteiger partial charge is 0.139 e. The Labute approximate surface area is 135 Å². The number of benzene rings is 2. The molecule has 1 aromatic heterocycles. The fourth-order valence-corrected chi connectivity index (χ4v) is 2.95. The van der Waals surface area contributed by atoms with Crippen LogP contribution in [0.2, 0.25) is 5.02 Å². The van der Waals surface area contributed by atoms with E-state index in [1.807, 2.05) is 48.5 Å². The molecule has 1 heterocycles. The molecule has 1 atom stereocenters. The van der Waals surface area contributed by atoms with Crippen LogP contribution in [0.4, 0.5) is 0 Å². The van der Waals surface area contributed by atoms with Gasteiger partial charge in [0.2, 0.25) is 0 Å². The first-order chi connectivity index (χ1) is 10.7. The Morgan fingerprint density at radius 2 is 2.00 bits per heavy atom. The van der Waals surface area contributed by atoms with Crippen LogP contribution in [0.15, 0.2) is 48.5 Å². The number of rotatable bonds is 5. The molecule has 0 aliphatic heterocycles. The normalized spacial score (nSPS) is 12.7. The quantitative estimate of drug-likeness (QED) is 0.749. The van der Waals surface area contributed by atoms with Gasteiger partial charge in [-0.1, -0.05) is 49.2 Å². The zero-order chi connectivity index (χ0) is 15.5. The Bertz CT molecular complexity index is 782.